The fourth-order valence-corrected chi connectivity index (χ4v) is 3.94. The van der Waals surface area contributed by atoms with E-state index in [1.807, 2.05) is 12.3 Å². The number of pyridine rings is 1. The first-order valence-electron chi connectivity index (χ1n) is 7.64. The highest BCUT2D eigenvalue weighted by molar-refractivity contribution is 5.82. The third-order valence-electron chi connectivity index (χ3n) is 5.07. The Kier molecular flexibility index (Phi) is 3.51. The van der Waals surface area contributed by atoms with Gasteiger partial charge in [-0.1, -0.05) is 38.5 Å². The Morgan fingerprint density at radius 1 is 1.25 bits per heavy atom. The van der Waals surface area contributed by atoms with Gasteiger partial charge in [0.05, 0.1) is 5.52 Å². The Morgan fingerprint density at radius 2 is 2.10 bits per heavy atom. The minimum Gasteiger partial charge on any atom is -0.313 e. The summed E-state index contributed by atoms with van der Waals surface area (Å²) in [6.07, 6.45) is 5.87. The van der Waals surface area contributed by atoms with Crippen molar-refractivity contribution in [3.05, 3.63) is 42.1 Å². The van der Waals surface area contributed by atoms with Crippen molar-refractivity contribution < 1.29 is 0 Å². The van der Waals surface area contributed by atoms with Crippen LogP contribution in [0.1, 0.15) is 44.7 Å². The third kappa shape index (κ3) is 2.22. The lowest BCUT2D eigenvalue weighted by atomic mass is 9.75. The molecule has 0 amide bonds. The summed E-state index contributed by atoms with van der Waals surface area (Å²) in [5, 5.41) is 4.87. The first-order chi connectivity index (χ1) is 9.63. The molecule has 1 aliphatic carbocycles. The number of rotatable bonds is 3. The van der Waals surface area contributed by atoms with Crippen LogP contribution in [0, 0.1) is 11.3 Å². The average Bonchev–Trinajstić information content (AvgIpc) is 2.80. The van der Waals surface area contributed by atoms with E-state index in [1.165, 1.54) is 30.2 Å². The lowest BCUT2D eigenvalue weighted by Gasteiger charge is -2.35. The summed E-state index contributed by atoms with van der Waals surface area (Å²) in [5.41, 5.74) is 2.91. The van der Waals surface area contributed by atoms with Gasteiger partial charge in [-0.25, -0.2) is 0 Å². The summed E-state index contributed by atoms with van der Waals surface area (Å²) < 4.78 is 0. The molecule has 1 heterocycles. The second-order valence-electron chi connectivity index (χ2n) is 6.67. The van der Waals surface area contributed by atoms with Gasteiger partial charge >= 0.3 is 0 Å². The lowest BCUT2D eigenvalue weighted by molar-refractivity contribution is 0.204. The van der Waals surface area contributed by atoms with Gasteiger partial charge in [0.1, 0.15) is 0 Å². The molecule has 1 N–H and O–H groups in total. The van der Waals surface area contributed by atoms with Gasteiger partial charge in [-0.15, -0.1) is 0 Å². The molecule has 0 bridgehead atoms. The van der Waals surface area contributed by atoms with Gasteiger partial charge in [0.15, 0.2) is 0 Å². The zero-order valence-corrected chi connectivity index (χ0v) is 12.7. The number of hydrogen-bond acceptors (Lipinski definition) is 2. The highest BCUT2D eigenvalue weighted by Gasteiger charge is 2.39. The van der Waals surface area contributed by atoms with Gasteiger partial charge in [0.25, 0.3) is 0 Å². The number of aromatic nitrogens is 1. The van der Waals surface area contributed by atoms with Gasteiger partial charge in [0, 0.05) is 17.6 Å². The van der Waals surface area contributed by atoms with Gasteiger partial charge < -0.3 is 5.32 Å². The van der Waals surface area contributed by atoms with Crippen LogP contribution in [0.3, 0.4) is 0 Å². The van der Waals surface area contributed by atoms with Crippen LogP contribution in [0.25, 0.3) is 10.9 Å². The lowest BCUT2D eigenvalue weighted by Crippen LogP contribution is -2.32. The van der Waals surface area contributed by atoms with E-state index in [2.05, 4.69) is 55.5 Å². The number of fused-ring (bicyclic) bond motifs is 1. The first-order valence-corrected chi connectivity index (χ1v) is 7.64. The van der Waals surface area contributed by atoms with E-state index < -0.39 is 0 Å². The standard InChI is InChI=1S/C18H24N2/c1-18(2)11-5-9-15(18)17(19-3)14-7-4-10-16-13(14)8-6-12-20-16/h4,6-8,10,12,15,17,19H,5,9,11H2,1-3H3. The SMILES string of the molecule is CNC(c1cccc2ncccc12)C1CCCC1(C)C. The van der Waals surface area contributed by atoms with Crippen molar-refractivity contribution in [1.82, 2.24) is 10.3 Å². The van der Waals surface area contributed by atoms with E-state index in [-0.39, 0.29) is 0 Å². The first kappa shape index (κ1) is 13.6. The van der Waals surface area contributed by atoms with E-state index in [0.29, 0.717) is 17.4 Å². The largest absolute Gasteiger partial charge is 0.313 e. The fraction of sp³-hybridized carbons (Fsp3) is 0.500. The van der Waals surface area contributed by atoms with E-state index in [4.69, 9.17) is 0 Å². The Balaban J connectivity index is 2.08. The van der Waals surface area contributed by atoms with Crippen molar-refractivity contribution in [2.75, 3.05) is 7.05 Å². The molecular formula is C18H24N2. The third-order valence-corrected chi connectivity index (χ3v) is 5.07. The number of nitrogens with one attached hydrogen (secondary N) is 1. The number of hydrogen-bond donors (Lipinski definition) is 1. The van der Waals surface area contributed by atoms with E-state index >= 15 is 0 Å². The number of benzene rings is 1. The quantitative estimate of drug-likeness (QED) is 0.896. The molecule has 0 aliphatic heterocycles. The predicted octanol–water partition coefficient (Wildman–Crippen LogP) is 4.32. The van der Waals surface area contributed by atoms with E-state index in [0.717, 1.165) is 5.52 Å². The molecule has 2 heteroatoms. The summed E-state index contributed by atoms with van der Waals surface area (Å²) in [6.45, 7) is 4.83. The zero-order valence-electron chi connectivity index (χ0n) is 12.7. The molecule has 2 unspecified atom stereocenters. The second kappa shape index (κ2) is 5.17. The Morgan fingerprint density at radius 3 is 2.80 bits per heavy atom. The predicted molar refractivity (Wildman–Crippen MR) is 84.7 cm³/mol. The van der Waals surface area contributed by atoms with Gasteiger partial charge in [-0.3, -0.25) is 4.98 Å². The van der Waals surface area contributed by atoms with Crippen molar-refractivity contribution in [2.45, 2.75) is 39.2 Å². The molecule has 0 radical (unpaired) electrons. The molecule has 0 saturated heterocycles. The topological polar surface area (TPSA) is 24.9 Å². The molecule has 2 nitrogen and oxygen atoms in total. The Labute approximate surface area is 121 Å². The Bertz CT molecular complexity index is 598. The van der Waals surface area contributed by atoms with E-state index in [1.54, 1.807) is 0 Å². The average molecular weight is 268 g/mol. The summed E-state index contributed by atoms with van der Waals surface area (Å²) in [4.78, 5) is 4.49. The van der Waals surface area contributed by atoms with Crippen molar-refractivity contribution in [2.24, 2.45) is 11.3 Å². The molecular weight excluding hydrogens is 244 g/mol. The number of nitrogens with zero attached hydrogens (tertiary/aromatic N) is 1. The molecule has 1 fully saturated rings. The molecule has 20 heavy (non-hydrogen) atoms. The normalized spacial score (nSPS) is 23.1. The molecule has 0 spiro atoms. The van der Waals surface area contributed by atoms with Crippen LogP contribution in [-0.4, -0.2) is 12.0 Å². The summed E-state index contributed by atoms with van der Waals surface area (Å²) in [7, 11) is 2.09. The zero-order chi connectivity index (χ0) is 14.2. The van der Waals surface area contributed by atoms with Crippen molar-refractivity contribution >= 4 is 10.9 Å². The van der Waals surface area contributed by atoms with Crippen molar-refractivity contribution in [1.29, 1.82) is 0 Å². The molecule has 1 aromatic heterocycles. The molecule has 1 aromatic carbocycles. The van der Waals surface area contributed by atoms with E-state index in [9.17, 15) is 0 Å². The highest BCUT2D eigenvalue weighted by atomic mass is 14.9. The molecule has 106 valence electrons. The van der Waals surface area contributed by atoms with Crippen molar-refractivity contribution in [3.63, 3.8) is 0 Å². The van der Waals surface area contributed by atoms with Crippen LogP contribution in [0.5, 0.6) is 0 Å². The maximum absolute atomic E-state index is 4.49. The summed E-state index contributed by atoms with van der Waals surface area (Å²) in [5.74, 6) is 0.693. The van der Waals surface area contributed by atoms with Crippen LogP contribution < -0.4 is 5.32 Å². The Hall–Kier alpha value is -1.41. The van der Waals surface area contributed by atoms with Crippen LogP contribution >= 0.6 is 0 Å². The fourth-order valence-electron chi connectivity index (χ4n) is 3.94. The van der Waals surface area contributed by atoms with Crippen LogP contribution in [-0.2, 0) is 0 Å². The molecule has 2 atom stereocenters. The van der Waals surface area contributed by atoms with Crippen molar-refractivity contribution in [3.8, 4) is 0 Å². The van der Waals surface area contributed by atoms with Gasteiger partial charge in [-0.05, 0) is 48.9 Å². The van der Waals surface area contributed by atoms with Crippen LogP contribution in [0.15, 0.2) is 36.5 Å². The molecule has 2 aromatic rings. The second-order valence-corrected chi connectivity index (χ2v) is 6.67. The maximum Gasteiger partial charge on any atom is 0.0705 e. The monoisotopic (exact) mass is 268 g/mol. The van der Waals surface area contributed by atoms with Crippen LogP contribution in [0.4, 0.5) is 0 Å². The van der Waals surface area contributed by atoms with Gasteiger partial charge in [0.2, 0.25) is 0 Å². The maximum atomic E-state index is 4.49. The van der Waals surface area contributed by atoms with Crippen LogP contribution in [0.2, 0.25) is 0 Å². The molecule has 3 rings (SSSR count). The summed E-state index contributed by atoms with van der Waals surface area (Å²) >= 11 is 0. The minimum absolute atomic E-state index is 0.415. The smallest absolute Gasteiger partial charge is 0.0705 e. The highest BCUT2D eigenvalue weighted by Crippen LogP contribution is 2.49. The summed E-state index contributed by atoms with van der Waals surface area (Å²) in [6, 6.07) is 11.2. The minimum atomic E-state index is 0.415. The molecule has 1 saturated carbocycles. The van der Waals surface area contributed by atoms with Gasteiger partial charge in [-0.2, -0.15) is 0 Å². The molecule has 1 aliphatic rings.